The molecular weight excluding hydrogens is 246 g/mol. The van der Waals surface area contributed by atoms with Crippen molar-refractivity contribution in [2.24, 2.45) is 7.05 Å². The van der Waals surface area contributed by atoms with Crippen molar-refractivity contribution in [3.05, 3.63) is 29.8 Å². The van der Waals surface area contributed by atoms with Gasteiger partial charge in [-0.25, -0.2) is 0 Å². The Balaban J connectivity index is 1.87. The van der Waals surface area contributed by atoms with E-state index in [0.29, 0.717) is 5.69 Å². The molecule has 0 unspecified atom stereocenters. The molecule has 0 fully saturated rings. The highest BCUT2D eigenvalue weighted by atomic mass is 16.5. The molecule has 2 aromatic rings. The smallest absolute Gasteiger partial charge is 0.328 e. The van der Waals surface area contributed by atoms with Gasteiger partial charge in [-0.05, 0) is 12.5 Å². The minimum absolute atomic E-state index is 0.0513. The summed E-state index contributed by atoms with van der Waals surface area (Å²) in [5.74, 6) is -0.359. The van der Waals surface area contributed by atoms with Crippen molar-refractivity contribution in [1.82, 2.24) is 19.6 Å². The van der Waals surface area contributed by atoms with Crippen LogP contribution >= 0.6 is 0 Å². The second kappa shape index (κ2) is 5.55. The van der Waals surface area contributed by atoms with Crippen molar-refractivity contribution in [2.45, 2.75) is 26.5 Å². The van der Waals surface area contributed by atoms with Gasteiger partial charge in [0.05, 0.1) is 23.3 Å². The fourth-order valence-electron chi connectivity index (χ4n) is 1.68. The summed E-state index contributed by atoms with van der Waals surface area (Å²) in [4.78, 5) is 11.6. The molecule has 2 N–H and O–H groups in total. The highest BCUT2D eigenvalue weighted by Crippen LogP contribution is 2.06. The van der Waals surface area contributed by atoms with E-state index < -0.39 is 0 Å². The minimum atomic E-state index is -0.359. The van der Waals surface area contributed by atoms with Gasteiger partial charge in [0.15, 0.2) is 0 Å². The number of nitrogen functional groups attached to an aromatic ring is 1. The second-order valence-corrected chi connectivity index (χ2v) is 4.24. The van der Waals surface area contributed by atoms with Gasteiger partial charge >= 0.3 is 5.97 Å². The maximum Gasteiger partial charge on any atom is 0.328 e. The number of aromatic nitrogens is 4. The number of aryl methyl sites for hydroxylation is 2. The summed E-state index contributed by atoms with van der Waals surface area (Å²) in [7, 11) is 1.83. The Morgan fingerprint density at radius 3 is 2.89 bits per heavy atom. The number of carbonyl (C=O) groups is 1. The molecule has 0 aliphatic heterocycles. The van der Waals surface area contributed by atoms with E-state index in [2.05, 4.69) is 10.2 Å². The zero-order valence-electron chi connectivity index (χ0n) is 11.0. The second-order valence-electron chi connectivity index (χ2n) is 4.24. The fraction of sp³-hybridized carbons (Fsp3) is 0.417. The van der Waals surface area contributed by atoms with Crippen LogP contribution in [0.5, 0.6) is 0 Å². The average molecular weight is 263 g/mol. The van der Waals surface area contributed by atoms with E-state index in [1.165, 1.54) is 10.9 Å². The zero-order valence-corrected chi connectivity index (χ0v) is 11.0. The van der Waals surface area contributed by atoms with E-state index in [1.807, 2.05) is 20.0 Å². The first-order valence-corrected chi connectivity index (χ1v) is 6.04. The molecule has 2 aromatic heterocycles. The lowest BCUT2D eigenvalue weighted by molar-refractivity contribution is -0.146. The van der Waals surface area contributed by atoms with Crippen molar-refractivity contribution in [2.75, 3.05) is 5.73 Å². The van der Waals surface area contributed by atoms with Crippen LogP contribution in [0.1, 0.15) is 18.3 Å². The molecule has 2 rings (SSSR count). The lowest BCUT2D eigenvalue weighted by Gasteiger charge is -2.05. The van der Waals surface area contributed by atoms with Gasteiger partial charge in [-0.2, -0.15) is 10.2 Å². The van der Waals surface area contributed by atoms with E-state index in [9.17, 15) is 4.79 Å². The zero-order chi connectivity index (χ0) is 13.8. The van der Waals surface area contributed by atoms with Crippen LogP contribution in [0.15, 0.2) is 18.5 Å². The number of rotatable bonds is 5. The third-order valence-corrected chi connectivity index (χ3v) is 2.71. The van der Waals surface area contributed by atoms with Crippen LogP contribution in [-0.2, 0) is 36.2 Å². The molecule has 0 aromatic carbocycles. The maximum atomic E-state index is 11.6. The van der Waals surface area contributed by atoms with Crippen LogP contribution in [0.2, 0.25) is 0 Å². The van der Waals surface area contributed by atoms with Crippen molar-refractivity contribution in [1.29, 1.82) is 0 Å². The van der Waals surface area contributed by atoms with Crippen LogP contribution in [0.25, 0.3) is 0 Å². The van der Waals surface area contributed by atoms with Crippen LogP contribution in [0.3, 0.4) is 0 Å². The Bertz CT molecular complexity index is 572. The van der Waals surface area contributed by atoms with Gasteiger partial charge in [0.1, 0.15) is 13.2 Å². The Labute approximate surface area is 111 Å². The molecule has 0 spiro atoms. The van der Waals surface area contributed by atoms with Gasteiger partial charge in [0.2, 0.25) is 0 Å². The summed E-state index contributed by atoms with van der Waals surface area (Å²) >= 11 is 0. The largest absolute Gasteiger partial charge is 0.458 e. The van der Waals surface area contributed by atoms with E-state index in [-0.39, 0.29) is 19.1 Å². The number of anilines is 1. The number of hydrogen-bond acceptors (Lipinski definition) is 5. The Kier molecular flexibility index (Phi) is 3.84. The van der Waals surface area contributed by atoms with Crippen molar-refractivity contribution in [3.63, 3.8) is 0 Å². The molecule has 0 saturated heterocycles. The normalized spacial score (nSPS) is 10.6. The number of carbonyl (C=O) groups excluding carboxylic acids is 1. The van der Waals surface area contributed by atoms with E-state index >= 15 is 0 Å². The van der Waals surface area contributed by atoms with Crippen molar-refractivity contribution in [3.8, 4) is 0 Å². The summed E-state index contributed by atoms with van der Waals surface area (Å²) < 4.78 is 8.34. The summed E-state index contributed by atoms with van der Waals surface area (Å²) in [6.45, 7) is 2.29. The average Bonchev–Trinajstić information content (AvgIpc) is 2.93. The van der Waals surface area contributed by atoms with Crippen LogP contribution < -0.4 is 5.73 Å². The first-order chi connectivity index (χ1) is 9.08. The predicted molar refractivity (Wildman–Crippen MR) is 69.0 cm³/mol. The van der Waals surface area contributed by atoms with Gasteiger partial charge in [0, 0.05) is 13.2 Å². The predicted octanol–water partition coefficient (Wildman–Crippen LogP) is 0.505. The Hall–Kier alpha value is -2.31. The molecule has 7 nitrogen and oxygen atoms in total. The molecule has 19 heavy (non-hydrogen) atoms. The van der Waals surface area contributed by atoms with Crippen LogP contribution in [0.4, 0.5) is 5.69 Å². The van der Waals surface area contributed by atoms with Crippen molar-refractivity contribution < 1.29 is 9.53 Å². The topological polar surface area (TPSA) is 88.0 Å². The highest BCUT2D eigenvalue weighted by Gasteiger charge is 2.09. The fourth-order valence-corrected chi connectivity index (χ4v) is 1.68. The molecule has 0 amide bonds. The van der Waals surface area contributed by atoms with Gasteiger partial charge in [-0.1, -0.05) is 6.92 Å². The summed E-state index contributed by atoms with van der Waals surface area (Å²) in [5, 5.41) is 8.20. The maximum absolute atomic E-state index is 11.6. The Morgan fingerprint density at radius 1 is 1.53 bits per heavy atom. The van der Waals surface area contributed by atoms with Crippen molar-refractivity contribution >= 4 is 11.7 Å². The SMILES string of the molecule is CCc1cc(COC(=O)Cn2cc(N)cn2)n(C)n1. The third kappa shape index (κ3) is 3.34. The summed E-state index contributed by atoms with van der Waals surface area (Å²) in [6.07, 6.45) is 3.93. The number of hydrogen-bond donors (Lipinski definition) is 1. The van der Waals surface area contributed by atoms with Gasteiger partial charge in [0.25, 0.3) is 0 Å². The lowest BCUT2D eigenvalue weighted by atomic mass is 10.3. The van der Waals surface area contributed by atoms with Gasteiger partial charge < -0.3 is 10.5 Å². The molecule has 0 atom stereocenters. The number of nitrogens with two attached hydrogens (primary N) is 1. The molecule has 0 bridgehead atoms. The summed E-state index contributed by atoms with van der Waals surface area (Å²) in [6, 6.07) is 1.93. The molecular formula is C12H17N5O2. The third-order valence-electron chi connectivity index (χ3n) is 2.71. The minimum Gasteiger partial charge on any atom is -0.458 e. The first-order valence-electron chi connectivity index (χ1n) is 6.04. The highest BCUT2D eigenvalue weighted by molar-refractivity contribution is 5.69. The van der Waals surface area contributed by atoms with E-state index in [1.54, 1.807) is 10.9 Å². The Morgan fingerprint density at radius 2 is 2.32 bits per heavy atom. The first kappa shape index (κ1) is 13.1. The van der Waals surface area contributed by atoms with E-state index in [4.69, 9.17) is 10.5 Å². The molecule has 0 saturated carbocycles. The summed E-state index contributed by atoms with van der Waals surface area (Å²) in [5.41, 5.74) is 7.88. The van der Waals surface area contributed by atoms with Gasteiger partial charge in [-0.15, -0.1) is 0 Å². The number of esters is 1. The standard InChI is InChI=1S/C12H17N5O2/c1-3-10-4-11(16(2)15-10)8-19-12(18)7-17-6-9(13)5-14-17/h4-6H,3,7-8,13H2,1-2H3. The number of nitrogens with zero attached hydrogens (tertiary/aromatic N) is 4. The van der Waals surface area contributed by atoms with Crippen LogP contribution in [0, 0.1) is 0 Å². The molecule has 2 heterocycles. The number of ether oxygens (including phenoxy) is 1. The molecule has 0 aliphatic rings. The molecule has 0 aliphatic carbocycles. The van der Waals surface area contributed by atoms with Gasteiger partial charge in [-0.3, -0.25) is 14.2 Å². The molecule has 102 valence electrons. The van der Waals surface area contributed by atoms with Crippen LogP contribution in [-0.4, -0.2) is 25.5 Å². The molecule has 7 heteroatoms. The monoisotopic (exact) mass is 263 g/mol. The lowest BCUT2D eigenvalue weighted by Crippen LogP contribution is -2.14. The van der Waals surface area contributed by atoms with E-state index in [0.717, 1.165) is 17.8 Å². The molecule has 0 radical (unpaired) electrons. The quantitative estimate of drug-likeness (QED) is 0.794.